The van der Waals surface area contributed by atoms with Gasteiger partial charge >= 0.3 is 11.9 Å². The zero-order chi connectivity index (χ0) is 22.5. The maximum Gasteiger partial charge on any atom is 0.316 e. The van der Waals surface area contributed by atoms with Crippen LogP contribution in [0.2, 0.25) is 0 Å². The lowest BCUT2D eigenvalue weighted by molar-refractivity contribution is -0.144. The standard InChI is InChI=1S/C24H38O4S2/c1-23(2,19-21(25)26)13-8-15-29-17-10-18-30-16-9-14-24(3,4)22(27)28-20-11-6-5-7-12-20/h5-7,11-12H,8-10,13-19H2,1-4H3,(H,25,26). The second-order valence-electron chi connectivity index (χ2n) is 9.11. The molecule has 0 saturated carbocycles. The number of rotatable bonds is 16. The van der Waals surface area contributed by atoms with Gasteiger partial charge in [0.25, 0.3) is 0 Å². The zero-order valence-corrected chi connectivity index (χ0v) is 20.6. The van der Waals surface area contributed by atoms with Crippen LogP contribution in [0, 0.1) is 10.8 Å². The molecule has 0 spiro atoms. The minimum atomic E-state index is -0.707. The Bertz CT molecular complexity index is 629. The minimum absolute atomic E-state index is 0.108. The number of thioether (sulfide) groups is 2. The van der Waals surface area contributed by atoms with Crippen LogP contribution in [0.5, 0.6) is 5.75 Å². The Labute approximate surface area is 190 Å². The van der Waals surface area contributed by atoms with Gasteiger partial charge in [-0.2, -0.15) is 23.5 Å². The summed E-state index contributed by atoms with van der Waals surface area (Å²) < 4.78 is 5.48. The highest BCUT2D eigenvalue weighted by Crippen LogP contribution is 2.28. The SMILES string of the molecule is CC(C)(CCCSCCCSCCCC(C)(C)C(=O)Oc1ccccc1)CC(=O)O. The second kappa shape index (κ2) is 14.0. The molecule has 4 nitrogen and oxygen atoms in total. The number of hydrogen-bond acceptors (Lipinski definition) is 5. The Morgan fingerprint density at radius 2 is 1.40 bits per heavy atom. The van der Waals surface area contributed by atoms with Crippen LogP contribution in [0.4, 0.5) is 0 Å². The van der Waals surface area contributed by atoms with E-state index in [0.717, 1.165) is 48.7 Å². The summed E-state index contributed by atoms with van der Waals surface area (Å²) in [6, 6.07) is 9.24. The largest absolute Gasteiger partial charge is 0.481 e. The lowest BCUT2D eigenvalue weighted by atomic mass is 9.85. The van der Waals surface area contributed by atoms with Crippen LogP contribution in [-0.4, -0.2) is 40.1 Å². The molecule has 0 amide bonds. The number of benzene rings is 1. The van der Waals surface area contributed by atoms with Gasteiger partial charge in [0.1, 0.15) is 5.75 Å². The highest BCUT2D eigenvalue weighted by Gasteiger charge is 2.29. The maximum atomic E-state index is 12.4. The van der Waals surface area contributed by atoms with E-state index < -0.39 is 11.4 Å². The number of aliphatic carboxylic acids is 1. The van der Waals surface area contributed by atoms with E-state index in [2.05, 4.69) is 0 Å². The smallest absolute Gasteiger partial charge is 0.316 e. The summed E-state index contributed by atoms with van der Waals surface area (Å²) >= 11 is 3.92. The van der Waals surface area contributed by atoms with Gasteiger partial charge in [-0.25, -0.2) is 0 Å². The lowest BCUT2D eigenvalue weighted by Crippen LogP contribution is -2.29. The van der Waals surface area contributed by atoms with Crippen LogP contribution in [-0.2, 0) is 9.59 Å². The highest BCUT2D eigenvalue weighted by molar-refractivity contribution is 8.00. The molecule has 170 valence electrons. The molecule has 0 bridgehead atoms. The number of carboxylic acid groups (broad SMARTS) is 1. The molecule has 0 radical (unpaired) electrons. The molecule has 0 atom stereocenters. The summed E-state index contributed by atoms with van der Waals surface area (Å²) in [4.78, 5) is 23.2. The van der Waals surface area contributed by atoms with Crippen molar-refractivity contribution in [1.29, 1.82) is 0 Å². The number of esters is 1. The molecule has 30 heavy (non-hydrogen) atoms. The molecule has 0 heterocycles. The van der Waals surface area contributed by atoms with Crippen LogP contribution >= 0.6 is 23.5 Å². The fraction of sp³-hybridized carbons (Fsp3) is 0.667. The van der Waals surface area contributed by atoms with Crippen molar-refractivity contribution in [2.75, 3.05) is 23.0 Å². The topological polar surface area (TPSA) is 63.6 Å². The first-order valence-electron chi connectivity index (χ1n) is 10.8. The Hall–Kier alpha value is -1.14. The third-order valence-electron chi connectivity index (χ3n) is 4.95. The monoisotopic (exact) mass is 454 g/mol. The van der Waals surface area contributed by atoms with Crippen LogP contribution in [0.3, 0.4) is 0 Å². The first-order valence-corrected chi connectivity index (χ1v) is 13.1. The molecule has 1 aromatic rings. The van der Waals surface area contributed by atoms with E-state index in [9.17, 15) is 9.59 Å². The van der Waals surface area contributed by atoms with Gasteiger partial charge in [-0.1, -0.05) is 32.0 Å². The van der Waals surface area contributed by atoms with Crippen molar-refractivity contribution in [2.24, 2.45) is 10.8 Å². The van der Waals surface area contributed by atoms with E-state index in [1.807, 2.05) is 69.4 Å². The maximum absolute atomic E-state index is 12.4. The Kier molecular flexibility index (Phi) is 12.6. The number of para-hydroxylation sites is 1. The first kappa shape index (κ1) is 26.9. The predicted octanol–water partition coefficient (Wildman–Crippen LogP) is 6.54. The number of carboxylic acids is 1. The molecular weight excluding hydrogens is 416 g/mol. The van der Waals surface area contributed by atoms with Gasteiger partial charge in [-0.3, -0.25) is 9.59 Å². The van der Waals surface area contributed by atoms with E-state index >= 15 is 0 Å². The van der Waals surface area contributed by atoms with Crippen molar-refractivity contribution in [2.45, 2.75) is 66.2 Å². The summed E-state index contributed by atoms with van der Waals surface area (Å²) in [5.74, 6) is 4.20. The van der Waals surface area contributed by atoms with Crippen molar-refractivity contribution in [1.82, 2.24) is 0 Å². The van der Waals surface area contributed by atoms with E-state index in [4.69, 9.17) is 9.84 Å². The highest BCUT2D eigenvalue weighted by atomic mass is 32.2. The fourth-order valence-electron chi connectivity index (χ4n) is 3.07. The molecule has 0 aliphatic rings. The lowest BCUT2D eigenvalue weighted by Gasteiger charge is -2.22. The van der Waals surface area contributed by atoms with E-state index in [-0.39, 0.29) is 17.8 Å². The van der Waals surface area contributed by atoms with Crippen molar-refractivity contribution < 1.29 is 19.4 Å². The summed E-state index contributed by atoms with van der Waals surface area (Å²) in [6.07, 6.45) is 5.30. The molecule has 6 heteroatoms. The van der Waals surface area contributed by atoms with Gasteiger partial charge < -0.3 is 9.84 Å². The molecule has 0 aliphatic carbocycles. The van der Waals surface area contributed by atoms with Crippen molar-refractivity contribution >= 4 is 35.5 Å². The Balaban J connectivity index is 2.02. The molecule has 0 unspecified atom stereocenters. The molecule has 0 aliphatic heterocycles. The molecule has 0 fully saturated rings. The van der Waals surface area contributed by atoms with Crippen LogP contribution in [0.25, 0.3) is 0 Å². The Morgan fingerprint density at radius 3 is 1.97 bits per heavy atom. The van der Waals surface area contributed by atoms with Gasteiger partial charge in [-0.05, 0) is 86.5 Å². The average molecular weight is 455 g/mol. The zero-order valence-electron chi connectivity index (χ0n) is 18.9. The average Bonchev–Trinajstić information content (AvgIpc) is 2.65. The van der Waals surface area contributed by atoms with E-state index in [1.165, 1.54) is 6.42 Å². The quantitative estimate of drug-likeness (QED) is 0.174. The second-order valence-corrected chi connectivity index (χ2v) is 11.6. The third-order valence-corrected chi connectivity index (χ3v) is 7.26. The Morgan fingerprint density at radius 1 is 0.867 bits per heavy atom. The van der Waals surface area contributed by atoms with Gasteiger partial charge in [-0.15, -0.1) is 0 Å². The third kappa shape index (κ3) is 12.5. The van der Waals surface area contributed by atoms with Gasteiger partial charge in [0.2, 0.25) is 0 Å². The molecule has 0 aromatic heterocycles. The number of carbonyl (C=O) groups is 2. The van der Waals surface area contributed by atoms with Gasteiger partial charge in [0.15, 0.2) is 0 Å². The number of carbonyl (C=O) groups excluding carboxylic acids is 1. The van der Waals surface area contributed by atoms with Crippen LogP contribution in [0.15, 0.2) is 30.3 Å². The summed E-state index contributed by atoms with van der Waals surface area (Å²) in [7, 11) is 0. The number of hydrogen-bond donors (Lipinski definition) is 1. The molecule has 1 rings (SSSR count). The molecule has 1 N–H and O–H groups in total. The fourth-order valence-corrected chi connectivity index (χ4v) is 5.05. The van der Waals surface area contributed by atoms with E-state index in [0.29, 0.717) is 5.75 Å². The summed E-state index contributed by atoms with van der Waals surface area (Å²) in [6.45, 7) is 7.98. The predicted molar refractivity (Wildman–Crippen MR) is 130 cm³/mol. The molecular formula is C24H38O4S2. The van der Waals surface area contributed by atoms with Gasteiger partial charge in [0.05, 0.1) is 11.8 Å². The molecule has 0 saturated heterocycles. The summed E-state index contributed by atoms with van der Waals surface area (Å²) in [5, 5.41) is 8.91. The minimum Gasteiger partial charge on any atom is -0.481 e. The number of ether oxygens (including phenoxy) is 1. The van der Waals surface area contributed by atoms with Crippen LogP contribution < -0.4 is 4.74 Å². The van der Waals surface area contributed by atoms with Gasteiger partial charge in [0, 0.05) is 0 Å². The molecule has 1 aromatic carbocycles. The first-order chi connectivity index (χ1) is 14.1. The van der Waals surface area contributed by atoms with Crippen molar-refractivity contribution in [3.63, 3.8) is 0 Å². The van der Waals surface area contributed by atoms with Crippen molar-refractivity contribution in [3.05, 3.63) is 30.3 Å². The normalized spacial score (nSPS) is 12.0. The van der Waals surface area contributed by atoms with Crippen molar-refractivity contribution in [3.8, 4) is 5.75 Å². The van der Waals surface area contributed by atoms with E-state index in [1.54, 1.807) is 12.1 Å². The van der Waals surface area contributed by atoms with Crippen LogP contribution in [0.1, 0.15) is 66.2 Å². The summed E-state index contributed by atoms with van der Waals surface area (Å²) in [5.41, 5.74) is -0.579.